The fraction of sp³-hybridized carbons (Fsp3) is 0.519. The Labute approximate surface area is 211 Å². The zero-order chi connectivity index (χ0) is 27.0. The summed E-state index contributed by atoms with van der Waals surface area (Å²) in [7, 11) is 0. The number of aliphatic carboxylic acids is 1. The summed E-state index contributed by atoms with van der Waals surface area (Å²) in [6.07, 6.45) is -6.68. The summed E-state index contributed by atoms with van der Waals surface area (Å²) in [5.41, 5.74) is 0.938. The Hall–Kier alpha value is -2.59. The number of likely N-dealkylation sites (tertiary alicyclic amines) is 1. The van der Waals surface area contributed by atoms with Crippen molar-refractivity contribution in [2.24, 2.45) is 5.92 Å². The van der Waals surface area contributed by atoms with Gasteiger partial charge in [0.15, 0.2) is 0 Å². The van der Waals surface area contributed by atoms with Gasteiger partial charge in [0, 0.05) is 25.7 Å². The first-order valence-corrected chi connectivity index (χ1v) is 12.4. The minimum absolute atomic E-state index is 0.181. The lowest BCUT2D eigenvalue weighted by Crippen LogP contribution is -2.46. The molecular weight excluding hydrogens is 498 g/mol. The quantitative estimate of drug-likeness (QED) is 0.467. The van der Waals surface area contributed by atoms with Gasteiger partial charge >= 0.3 is 18.3 Å². The molecule has 0 bridgehead atoms. The summed E-state index contributed by atoms with van der Waals surface area (Å²) in [5, 5.41) is 9.19. The van der Waals surface area contributed by atoms with Crippen molar-refractivity contribution < 1.29 is 36.2 Å². The second kappa shape index (κ2) is 10.6. The van der Waals surface area contributed by atoms with E-state index in [1.54, 1.807) is 11.8 Å². The first-order chi connectivity index (χ1) is 17.3. The van der Waals surface area contributed by atoms with E-state index in [-0.39, 0.29) is 18.2 Å². The van der Waals surface area contributed by atoms with E-state index in [1.807, 2.05) is 6.07 Å². The van der Waals surface area contributed by atoms with E-state index < -0.39 is 35.4 Å². The molecule has 2 heterocycles. The number of carboxylic acids is 1. The highest BCUT2D eigenvalue weighted by Gasteiger charge is 2.37. The molecule has 2 aromatic carbocycles. The van der Waals surface area contributed by atoms with Gasteiger partial charge in [-0.05, 0) is 79.2 Å². The molecule has 0 spiro atoms. The van der Waals surface area contributed by atoms with E-state index in [9.17, 15) is 36.2 Å². The number of hydrogen-bond acceptors (Lipinski definition) is 3. The van der Waals surface area contributed by atoms with Crippen LogP contribution in [0.5, 0.6) is 0 Å². The van der Waals surface area contributed by atoms with Crippen molar-refractivity contribution >= 4 is 5.97 Å². The van der Waals surface area contributed by atoms with E-state index in [2.05, 4.69) is 17.0 Å². The number of halogens is 6. The maximum Gasteiger partial charge on any atom is 0.416 e. The minimum Gasteiger partial charge on any atom is -0.481 e. The van der Waals surface area contributed by atoms with Crippen molar-refractivity contribution in [3.8, 4) is 0 Å². The summed E-state index contributed by atoms with van der Waals surface area (Å²) in [6.45, 7) is 4.07. The van der Waals surface area contributed by atoms with Crippen LogP contribution in [0.25, 0.3) is 0 Å². The summed E-state index contributed by atoms with van der Waals surface area (Å²) in [4.78, 5) is 15.4. The van der Waals surface area contributed by atoms with Crippen LogP contribution in [0.15, 0.2) is 36.4 Å². The maximum atomic E-state index is 13.5. The fourth-order valence-electron chi connectivity index (χ4n) is 5.37. The summed E-state index contributed by atoms with van der Waals surface area (Å²) in [5.74, 6) is -1.31. The van der Waals surface area contributed by atoms with E-state index in [4.69, 9.17) is 0 Å². The first kappa shape index (κ1) is 27.4. The molecule has 4 rings (SSSR count). The predicted molar refractivity (Wildman–Crippen MR) is 126 cm³/mol. The van der Waals surface area contributed by atoms with Crippen LogP contribution in [0.4, 0.5) is 26.3 Å². The zero-order valence-corrected chi connectivity index (χ0v) is 20.5. The van der Waals surface area contributed by atoms with Crippen molar-refractivity contribution in [1.82, 2.24) is 9.80 Å². The summed E-state index contributed by atoms with van der Waals surface area (Å²) < 4.78 is 79.8. The van der Waals surface area contributed by atoms with Crippen molar-refractivity contribution in [3.05, 3.63) is 69.8 Å². The Bertz CT molecular complexity index is 1120. The Morgan fingerprint density at radius 3 is 2.30 bits per heavy atom. The number of carbonyl (C=O) groups is 1. The molecule has 0 radical (unpaired) electrons. The molecule has 1 saturated heterocycles. The van der Waals surface area contributed by atoms with Crippen LogP contribution in [0, 0.1) is 5.92 Å². The Balaban J connectivity index is 1.39. The van der Waals surface area contributed by atoms with Crippen molar-refractivity contribution in [2.75, 3.05) is 19.6 Å². The second-order valence-electron chi connectivity index (χ2n) is 10.1. The SMILES string of the molecule is C[C@@H](Cc1ccc2c(c1)CN(C1CCN(Cc3cc(C(F)(F)F)ccc3C(F)(F)F)CC1)CC2)C(=O)O. The van der Waals surface area contributed by atoms with Crippen LogP contribution in [0.3, 0.4) is 0 Å². The Kier molecular flexibility index (Phi) is 7.90. The standard InChI is InChI=1S/C27H30F6N2O2/c1-17(25(36)37)12-18-2-3-19-6-11-35(16-20(19)13-18)23-7-9-34(10-8-23)15-21-14-22(26(28,29)30)4-5-24(21)27(31,32)33/h2-5,13-14,17,23H,6-12,15-16H2,1H3,(H,36,37)/t17-/m0/s1. The third-order valence-corrected chi connectivity index (χ3v) is 7.48. The molecule has 0 aliphatic carbocycles. The van der Waals surface area contributed by atoms with Gasteiger partial charge < -0.3 is 5.11 Å². The highest BCUT2D eigenvalue weighted by atomic mass is 19.4. The monoisotopic (exact) mass is 528 g/mol. The van der Waals surface area contributed by atoms with Crippen molar-refractivity contribution in [1.29, 1.82) is 0 Å². The normalized spacial score (nSPS) is 19.0. The molecule has 37 heavy (non-hydrogen) atoms. The van der Waals surface area contributed by atoms with E-state index in [0.717, 1.165) is 25.1 Å². The number of fused-ring (bicyclic) bond motifs is 1. The molecule has 10 heteroatoms. The average molecular weight is 529 g/mol. The number of hydrogen-bond donors (Lipinski definition) is 1. The molecular formula is C27H30F6N2O2. The topological polar surface area (TPSA) is 43.8 Å². The molecule has 1 N–H and O–H groups in total. The largest absolute Gasteiger partial charge is 0.481 e. The van der Waals surface area contributed by atoms with Gasteiger partial charge in [-0.1, -0.05) is 25.1 Å². The maximum absolute atomic E-state index is 13.5. The minimum atomic E-state index is -4.72. The van der Waals surface area contributed by atoms with Crippen LogP contribution in [0.2, 0.25) is 0 Å². The first-order valence-electron chi connectivity index (χ1n) is 12.4. The molecule has 1 atom stereocenters. The lowest BCUT2D eigenvalue weighted by Gasteiger charge is -2.41. The third kappa shape index (κ3) is 6.65. The van der Waals surface area contributed by atoms with Crippen LogP contribution in [-0.4, -0.2) is 46.6 Å². The molecule has 2 aliphatic rings. The average Bonchev–Trinajstić information content (AvgIpc) is 2.82. The highest BCUT2D eigenvalue weighted by molar-refractivity contribution is 5.69. The Morgan fingerprint density at radius 2 is 1.68 bits per heavy atom. The molecule has 2 aliphatic heterocycles. The van der Waals surface area contributed by atoms with Gasteiger partial charge in [0.2, 0.25) is 0 Å². The van der Waals surface area contributed by atoms with Crippen LogP contribution < -0.4 is 0 Å². The molecule has 202 valence electrons. The zero-order valence-electron chi connectivity index (χ0n) is 20.5. The molecule has 0 amide bonds. The number of rotatable bonds is 6. The highest BCUT2D eigenvalue weighted by Crippen LogP contribution is 2.37. The lowest BCUT2D eigenvalue weighted by molar-refractivity contribution is -0.142. The molecule has 1 fully saturated rings. The number of benzene rings is 2. The van der Waals surface area contributed by atoms with E-state index in [0.29, 0.717) is 50.6 Å². The van der Waals surface area contributed by atoms with E-state index >= 15 is 0 Å². The van der Waals surface area contributed by atoms with Crippen molar-refractivity contribution in [2.45, 2.75) is 64.1 Å². The predicted octanol–water partition coefficient (Wildman–Crippen LogP) is 6.01. The molecule has 0 aromatic heterocycles. The second-order valence-corrected chi connectivity index (χ2v) is 10.1. The van der Waals surface area contributed by atoms with Gasteiger partial charge in [-0.25, -0.2) is 0 Å². The molecule has 0 saturated carbocycles. The number of nitrogens with zero attached hydrogens (tertiary/aromatic N) is 2. The van der Waals surface area contributed by atoms with Gasteiger partial charge in [0.1, 0.15) is 0 Å². The molecule has 2 aromatic rings. The smallest absolute Gasteiger partial charge is 0.416 e. The lowest BCUT2D eigenvalue weighted by atomic mass is 9.91. The number of alkyl halides is 6. The Morgan fingerprint density at radius 1 is 0.973 bits per heavy atom. The van der Waals surface area contributed by atoms with Gasteiger partial charge in [-0.3, -0.25) is 14.6 Å². The van der Waals surface area contributed by atoms with Gasteiger partial charge in [-0.15, -0.1) is 0 Å². The van der Waals surface area contributed by atoms with Crippen LogP contribution in [-0.2, 0) is 43.1 Å². The molecule has 4 nitrogen and oxygen atoms in total. The number of carboxylic acid groups (broad SMARTS) is 1. The van der Waals surface area contributed by atoms with Crippen molar-refractivity contribution in [3.63, 3.8) is 0 Å². The third-order valence-electron chi connectivity index (χ3n) is 7.48. The van der Waals surface area contributed by atoms with Crippen LogP contribution >= 0.6 is 0 Å². The number of piperidine rings is 1. The van der Waals surface area contributed by atoms with Gasteiger partial charge in [-0.2, -0.15) is 26.3 Å². The fourth-order valence-corrected chi connectivity index (χ4v) is 5.37. The van der Waals surface area contributed by atoms with Gasteiger partial charge in [0.25, 0.3) is 0 Å². The van der Waals surface area contributed by atoms with Gasteiger partial charge in [0.05, 0.1) is 17.0 Å². The molecule has 0 unspecified atom stereocenters. The summed E-state index contributed by atoms with van der Waals surface area (Å²) >= 11 is 0. The van der Waals surface area contributed by atoms with Crippen LogP contribution in [0.1, 0.15) is 53.1 Å². The van der Waals surface area contributed by atoms with E-state index in [1.165, 1.54) is 11.1 Å². The summed E-state index contributed by atoms with van der Waals surface area (Å²) in [6, 6.07) is 7.99.